The molecule has 0 spiro atoms. The number of Topliss-reactive ketones (excluding diaryl/α,β-unsaturated/α-hetero) is 1. The maximum atomic E-state index is 13.0. The molecule has 4 nitrogen and oxygen atoms in total. The lowest BCUT2D eigenvalue weighted by atomic mass is 9.84. The van der Waals surface area contributed by atoms with Gasteiger partial charge in [0.05, 0.1) is 6.42 Å². The van der Waals surface area contributed by atoms with Crippen LogP contribution in [-0.2, 0) is 30.6 Å². The van der Waals surface area contributed by atoms with Gasteiger partial charge in [-0.1, -0.05) is 118 Å². The number of nitrogens with zero attached hydrogens (tertiary/aromatic N) is 1. The lowest BCUT2D eigenvalue weighted by molar-refractivity contribution is -0.115. The Bertz CT molecular complexity index is 1560. The van der Waals surface area contributed by atoms with Gasteiger partial charge in [-0.25, -0.2) is 0 Å². The summed E-state index contributed by atoms with van der Waals surface area (Å²) in [7, 11) is 0. The number of benzene rings is 4. The molecule has 0 aliphatic heterocycles. The van der Waals surface area contributed by atoms with Crippen LogP contribution in [0.4, 0.5) is 5.69 Å². The summed E-state index contributed by atoms with van der Waals surface area (Å²) in [6.07, 6.45) is 8.26. The van der Waals surface area contributed by atoms with Gasteiger partial charge in [-0.3, -0.25) is 9.59 Å². The van der Waals surface area contributed by atoms with Crippen molar-refractivity contribution in [2.24, 2.45) is 0 Å². The van der Waals surface area contributed by atoms with E-state index in [1.54, 1.807) is 0 Å². The van der Waals surface area contributed by atoms with Crippen LogP contribution >= 0.6 is 0 Å². The van der Waals surface area contributed by atoms with Crippen LogP contribution in [0, 0.1) is 0 Å². The van der Waals surface area contributed by atoms with Gasteiger partial charge in [0, 0.05) is 36.5 Å². The summed E-state index contributed by atoms with van der Waals surface area (Å²) in [5.74, 6) is 0.784. The Hall–Kier alpha value is -4.44. The van der Waals surface area contributed by atoms with E-state index in [1.165, 1.54) is 48.8 Å². The monoisotopic (exact) mass is 598 g/mol. The molecule has 45 heavy (non-hydrogen) atoms. The minimum Gasteiger partial charge on any atom is -0.367 e. The summed E-state index contributed by atoms with van der Waals surface area (Å²) in [4.78, 5) is 27.8. The fraction of sp³-hybridized carbons (Fsp3) is 0.317. The van der Waals surface area contributed by atoms with Crippen LogP contribution < -0.4 is 5.32 Å². The molecule has 232 valence electrons. The van der Waals surface area contributed by atoms with E-state index < -0.39 is 0 Å². The highest BCUT2D eigenvalue weighted by Gasteiger charge is 2.16. The zero-order valence-corrected chi connectivity index (χ0v) is 26.9. The number of anilines is 1. The fourth-order valence-electron chi connectivity index (χ4n) is 6.26. The van der Waals surface area contributed by atoms with Crippen molar-refractivity contribution >= 4 is 23.1 Å². The highest BCUT2D eigenvalue weighted by Crippen LogP contribution is 2.32. The van der Waals surface area contributed by atoms with Crippen LogP contribution in [0.15, 0.2) is 104 Å². The number of nitrogens with one attached hydrogen (secondary N) is 1. The van der Waals surface area contributed by atoms with E-state index >= 15 is 0 Å². The van der Waals surface area contributed by atoms with Gasteiger partial charge in [-0.15, -0.1) is 0 Å². The fourth-order valence-corrected chi connectivity index (χ4v) is 6.26. The van der Waals surface area contributed by atoms with E-state index in [0.717, 1.165) is 53.1 Å². The second-order valence-electron chi connectivity index (χ2n) is 12.3. The second-order valence-corrected chi connectivity index (χ2v) is 12.3. The molecule has 1 aliphatic carbocycles. The summed E-state index contributed by atoms with van der Waals surface area (Å²) < 4.78 is 0. The third-order valence-corrected chi connectivity index (χ3v) is 9.13. The zero-order valence-electron chi connectivity index (χ0n) is 26.9. The quantitative estimate of drug-likeness (QED) is 0.156. The second kappa shape index (κ2) is 15.5. The number of hydrogen-bond acceptors (Lipinski definition) is 3. The number of aryl methyl sites for hydroxylation is 1. The van der Waals surface area contributed by atoms with Crippen LogP contribution in [0.2, 0.25) is 0 Å². The van der Waals surface area contributed by atoms with Gasteiger partial charge in [0.15, 0.2) is 5.78 Å². The average molecular weight is 599 g/mol. The van der Waals surface area contributed by atoms with Gasteiger partial charge >= 0.3 is 0 Å². The lowest BCUT2D eigenvalue weighted by Crippen LogP contribution is -2.21. The number of carbonyl (C=O) groups is 2. The standard InChI is InChI=1S/C41H46N2O2/c1-4-31-11-13-33(14-12-31)28-41(45)42-39-25-23-35(24-26-39)30(3)43(5-2)29-34-17-15-32(16-18-34)27-40(44)38-21-19-37(20-22-38)36-9-7-6-8-10-36/h11-26,36H,3-10,27-29H2,1-2H3,(H,42,45). The largest absolute Gasteiger partial charge is 0.367 e. The Morgan fingerprint density at radius 2 is 1.24 bits per heavy atom. The molecule has 4 aromatic rings. The smallest absolute Gasteiger partial charge is 0.228 e. The lowest BCUT2D eigenvalue weighted by Gasteiger charge is -2.26. The van der Waals surface area contributed by atoms with E-state index in [4.69, 9.17) is 0 Å². The van der Waals surface area contributed by atoms with Gasteiger partial charge in [-0.05, 0) is 77.6 Å². The van der Waals surface area contributed by atoms with Crippen molar-refractivity contribution in [3.8, 4) is 0 Å². The minimum atomic E-state index is -0.0290. The molecule has 1 aliphatic rings. The zero-order chi connectivity index (χ0) is 31.6. The third-order valence-electron chi connectivity index (χ3n) is 9.13. The predicted molar refractivity (Wildman–Crippen MR) is 186 cm³/mol. The van der Waals surface area contributed by atoms with E-state index in [9.17, 15) is 9.59 Å². The van der Waals surface area contributed by atoms with Crippen molar-refractivity contribution < 1.29 is 9.59 Å². The Labute approximate surface area is 269 Å². The SMILES string of the molecule is C=C(c1ccc(NC(=O)Cc2ccc(CC)cc2)cc1)N(CC)Cc1ccc(CC(=O)c2ccc(C3CCCCC3)cc2)cc1. The number of hydrogen-bond donors (Lipinski definition) is 1. The molecule has 0 radical (unpaired) electrons. The van der Waals surface area contributed by atoms with Gasteiger partial charge in [0.1, 0.15) is 0 Å². The summed E-state index contributed by atoms with van der Waals surface area (Å²) in [5.41, 5.74) is 9.36. The summed E-state index contributed by atoms with van der Waals surface area (Å²) in [6, 6.07) is 32.8. The van der Waals surface area contributed by atoms with E-state index in [-0.39, 0.29) is 11.7 Å². The number of amides is 1. The van der Waals surface area contributed by atoms with Crippen LogP contribution in [0.25, 0.3) is 5.70 Å². The molecule has 1 saturated carbocycles. The van der Waals surface area contributed by atoms with Gasteiger partial charge in [0.2, 0.25) is 5.91 Å². The molecule has 1 N–H and O–H groups in total. The topological polar surface area (TPSA) is 49.4 Å². The first-order valence-electron chi connectivity index (χ1n) is 16.5. The van der Waals surface area contributed by atoms with Crippen molar-refractivity contribution in [2.45, 2.75) is 77.7 Å². The maximum absolute atomic E-state index is 13.0. The van der Waals surface area contributed by atoms with Crippen molar-refractivity contribution in [1.29, 1.82) is 0 Å². The van der Waals surface area contributed by atoms with Crippen molar-refractivity contribution in [3.05, 3.63) is 143 Å². The summed E-state index contributed by atoms with van der Waals surface area (Å²) in [5, 5.41) is 3.01. The highest BCUT2D eigenvalue weighted by molar-refractivity contribution is 5.97. The molecule has 4 aromatic carbocycles. The normalized spacial score (nSPS) is 13.3. The maximum Gasteiger partial charge on any atom is 0.228 e. The van der Waals surface area contributed by atoms with E-state index in [0.29, 0.717) is 18.8 Å². The van der Waals surface area contributed by atoms with Gasteiger partial charge < -0.3 is 10.2 Å². The molecular formula is C41H46N2O2. The molecule has 1 fully saturated rings. The number of rotatable bonds is 13. The Balaban J connectivity index is 1.12. The van der Waals surface area contributed by atoms with Crippen LogP contribution in [0.1, 0.15) is 95.6 Å². The molecule has 4 heteroatoms. The van der Waals surface area contributed by atoms with Crippen LogP contribution in [0.5, 0.6) is 0 Å². The van der Waals surface area contributed by atoms with Crippen molar-refractivity contribution in [3.63, 3.8) is 0 Å². The first-order chi connectivity index (χ1) is 21.9. The molecule has 5 rings (SSSR count). The Morgan fingerprint density at radius 1 is 0.689 bits per heavy atom. The van der Waals surface area contributed by atoms with Gasteiger partial charge in [0.25, 0.3) is 0 Å². The van der Waals surface area contributed by atoms with Crippen LogP contribution in [0.3, 0.4) is 0 Å². The first kappa shape index (κ1) is 32.0. The average Bonchev–Trinajstić information content (AvgIpc) is 3.08. The Kier molecular flexibility index (Phi) is 11.0. The summed E-state index contributed by atoms with van der Waals surface area (Å²) >= 11 is 0. The number of ketones is 1. The van der Waals surface area contributed by atoms with E-state index in [1.807, 2.05) is 48.5 Å². The predicted octanol–water partition coefficient (Wildman–Crippen LogP) is 9.40. The summed E-state index contributed by atoms with van der Waals surface area (Å²) in [6.45, 7) is 10.2. The van der Waals surface area contributed by atoms with Gasteiger partial charge in [-0.2, -0.15) is 0 Å². The van der Waals surface area contributed by atoms with Crippen molar-refractivity contribution in [1.82, 2.24) is 4.90 Å². The molecule has 0 bridgehead atoms. The molecule has 0 aromatic heterocycles. The minimum absolute atomic E-state index is 0.0290. The third kappa shape index (κ3) is 8.82. The molecule has 0 saturated heterocycles. The molecule has 0 heterocycles. The first-order valence-corrected chi connectivity index (χ1v) is 16.5. The number of carbonyl (C=O) groups excluding carboxylic acids is 2. The van der Waals surface area contributed by atoms with Crippen molar-refractivity contribution in [2.75, 3.05) is 11.9 Å². The highest BCUT2D eigenvalue weighted by atomic mass is 16.1. The van der Waals surface area contributed by atoms with E-state index in [2.05, 4.69) is 79.2 Å². The molecule has 0 unspecified atom stereocenters. The molecule has 0 atom stereocenters. The Morgan fingerprint density at radius 3 is 1.84 bits per heavy atom. The molecule has 1 amide bonds. The molecular weight excluding hydrogens is 552 g/mol. The van der Waals surface area contributed by atoms with Crippen LogP contribution in [-0.4, -0.2) is 23.1 Å².